The summed E-state index contributed by atoms with van der Waals surface area (Å²) in [4.78, 5) is 14.5. The fourth-order valence-corrected chi connectivity index (χ4v) is 3.89. The van der Waals surface area contributed by atoms with Crippen LogP contribution >= 0.6 is 0 Å². The van der Waals surface area contributed by atoms with Gasteiger partial charge in [-0.2, -0.15) is 0 Å². The van der Waals surface area contributed by atoms with Gasteiger partial charge in [0.25, 0.3) is 5.91 Å². The van der Waals surface area contributed by atoms with Crippen LogP contribution in [0, 0.1) is 17.7 Å². The second-order valence-corrected chi connectivity index (χ2v) is 7.37. The summed E-state index contributed by atoms with van der Waals surface area (Å²) in [6, 6.07) is 3.47. The lowest BCUT2D eigenvalue weighted by molar-refractivity contribution is 0.0714. The summed E-state index contributed by atoms with van der Waals surface area (Å²) in [5, 5.41) is 9.24. The number of unbranched alkanes of at least 4 members (excludes halogenated alkanes) is 1. The monoisotopic (exact) mass is 349 g/mol. The van der Waals surface area contributed by atoms with Crippen molar-refractivity contribution in [3.63, 3.8) is 0 Å². The molecule has 0 unspecified atom stereocenters. The maximum Gasteiger partial charge on any atom is 0.257 e. The Bertz CT molecular complexity index is 611. The normalized spacial score (nSPS) is 23.0. The van der Waals surface area contributed by atoms with Crippen molar-refractivity contribution in [2.75, 3.05) is 19.8 Å². The number of fused-ring (bicyclic) bond motifs is 1. The SMILES string of the molecule is CCCCOc1ccc2c(c1F)C(=O)N(CC1CCC(CO)CC1)C2. The highest BCUT2D eigenvalue weighted by atomic mass is 19.1. The Hall–Kier alpha value is -1.62. The zero-order valence-electron chi connectivity index (χ0n) is 15.0. The highest BCUT2D eigenvalue weighted by molar-refractivity contribution is 5.99. The second-order valence-electron chi connectivity index (χ2n) is 7.37. The number of amides is 1. The molecule has 1 aliphatic carbocycles. The molecule has 1 saturated carbocycles. The van der Waals surface area contributed by atoms with Crippen LogP contribution < -0.4 is 4.74 Å². The van der Waals surface area contributed by atoms with Gasteiger partial charge in [0.2, 0.25) is 0 Å². The number of ether oxygens (including phenoxy) is 1. The van der Waals surface area contributed by atoms with Crippen LogP contribution in [0.1, 0.15) is 61.4 Å². The van der Waals surface area contributed by atoms with Crippen LogP contribution in [0.25, 0.3) is 0 Å². The predicted octanol–water partition coefficient (Wildman–Crippen LogP) is 3.76. The molecule has 1 amide bonds. The van der Waals surface area contributed by atoms with E-state index in [-0.39, 0.29) is 23.8 Å². The number of aliphatic hydroxyl groups excluding tert-OH is 1. The van der Waals surface area contributed by atoms with Crippen LogP contribution in [0.2, 0.25) is 0 Å². The number of rotatable bonds is 7. The number of aliphatic hydroxyl groups is 1. The number of hydrogen-bond acceptors (Lipinski definition) is 3. The zero-order valence-corrected chi connectivity index (χ0v) is 15.0. The molecular formula is C20H28FNO3. The molecule has 0 aromatic heterocycles. The fourth-order valence-electron chi connectivity index (χ4n) is 3.89. The van der Waals surface area contributed by atoms with E-state index in [0.717, 1.165) is 44.1 Å². The lowest BCUT2D eigenvalue weighted by Gasteiger charge is -2.30. The van der Waals surface area contributed by atoms with Gasteiger partial charge in [0, 0.05) is 19.7 Å². The van der Waals surface area contributed by atoms with Gasteiger partial charge in [0.15, 0.2) is 11.6 Å². The zero-order chi connectivity index (χ0) is 17.8. The minimum absolute atomic E-state index is 0.186. The minimum Gasteiger partial charge on any atom is -0.490 e. The lowest BCUT2D eigenvalue weighted by Crippen LogP contribution is -2.32. The minimum atomic E-state index is -0.509. The third-order valence-electron chi connectivity index (χ3n) is 5.51. The van der Waals surface area contributed by atoms with E-state index >= 15 is 0 Å². The first-order valence-corrected chi connectivity index (χ1v) is 9.48. The van der Waals surface area contributed by atoms with Crippen LogP contribution in [-0.2, 0) is 6.54 Å². The summed E-state index contributed by atoms with van der Waals surface area (Å²) in [6.45, 7) is 3.94. The van der Waals surface area contributed by atoms with E-state index in [1.807, 2.05) is 6.07 Å². The molecule has 0 radical (unpaired) electrons. The first-order valence-electron chi connectivity index (χ1n) is 9.48. The standard InChI is InChI=1S/C20H28FNO3/c1-2-3-10-25-17-9-8-16-12-22(20(24)18(16)19(17)21)11-14-4-6-15(13-23)7-5-14/h8-9,14-15,23H,2-7,10-13H2,1H3. The van der Waals surface area contributed by atoms with Crippen molar-refractivity contribution in [3.05, 3.63) is 29.1 Å². The summed E-state index contributed by atoms with van der Waals surface area (Å²) < 4.78 is 20.2. The predicted molar refractivity (Wildman–Crippen MR) is 94.1 cm³/mol. The fraction of sp³-hybridized carbons (Fsp3) is 0.650. The number of carbonyl (C=O) groups is 1. The molecule has 0 saturated heterocycles. The largest absolute Gasteiger partial charge is 0.490 e. The van der Waals surface area contributed by atoms with E-state index in [1.54, 1.807) is 11.0 Å². The average molecular weight is 349 g/mol. The van der Waals surface area contributed by atoms with Crippen LogP contribution in [0.5, 0.6) is 5.75 Å². The number of nitrogens with zero attached hydrogens (tertiary/aromatic N) is 1. The van der Waals surface area contributed by atoms with Gasteiger partial charge in [-0.1, -0.05) is 19.4 Å². The van der Waals surface area contributed by atoms with Gasteiger partial charge in [0.1, 0.15) is 0 Å². The van der Waals surface area contributed by atoms with Gasteiger partial charge < -0.3 is 14.7 Å². The van der Waals surface area contributed by atoms with Crippen LogP contribution in [-0.4, -0.2) is 35.7 Å². The number of benzene rings is 1. The first kappa shape index (κ1) is 18.2. The van der Waals surface area contributed by atoms with E-state index in [2.05, 4.69) is 6.92 Å². The van der Waals surface area contributed by atoms with Crippen LogP contribution in [0.15, 0.2) is 12.1 Å². The van der Waals surface area contributed by atoms with Gasteiger partial charge in [-0.3, -0.25) is 4.79 Å². The highest BCUT2D eigenvalue weighted by Crippen LogP contribution is 2.34. The Labute approximate surface area is 149 Å². The number of hydrogen-bond donors (Lipinski definition) is 1. The molecule has 1 aliphatic heterocycles. The van der Waals surface area contributed by atoms with Gasteiger partial charge >= 0.3 is 0 Å². The molecule has 1 aromatic rings. The summed E-state index contributed by atoms with van der Waals surface area (Å²) >= 11 is 0. The van der Waals surface area contributed by atoms with E-state index in [4.69, 9.17) is 4.74 Å². The van der Waals surface area contributed by atoms with E-state index in [9.17, 15) is 14.3 Å². The van der Waals surface area contributed by atoms with E-state index in [1.165, 1.54) is 0 Å². The molecule has 3 rings (SSSR count). The molecule has 1 heterocycles. The van der Waals surface area contributed by atoms with Crippen molar-refractivity contribution in [1.29, 1.82) is 0 Å². The second kappa shape index (κ2) is 8.17. The molecule has 1 fully saturated rings. The van der Waals surface area contributed by atoms with Crippen molar-refractivity contribution in [3.8, 4) is 5.75 Å². The molecule has 138 valence electrons. The summed E-state index contributed by atoms with van der Waals surface area (Å²) in [6.07, 6.45) is 5.93. The smallest absolute Gasteiger partial charge is 0.257 e. The molecule has 5 heteroatoms. The maximum atomic E-state index is 14.7. The Morgan fingerprint density at radius 3 is 2.64 bits per heavy atom. The molecule has 0 spiro atoms. The van der Waals surface area contributed by atoms with Gasteiger partial charge in [-0.25, -0.2) is 4.39 Å². The van der Waals surface area contributed by atoms with E-state index < -0.39 is 5.82 Å². The van der Waals surface area contributed by atoms with Gasteiger partial charge in [-0.15, -0.1) is 0 Å². The Balaban J connectivity index is 1.64. The van der Waals surface area contributed by atoms with Crippen molar-refractivity contribution in [2.45, 2.75) is 52.0 Å². The Kier molecular flexibility index (Phi) is 5.94. The Morgan fingerprint density at radius 2 is 1.96 bits per heavy atom. The van der Waals surface area contributed by atoms with Gasteiger partial charge in [0.05, 0.1) is 12.2 Å². The van der Waals surface area contributed by atoms with E-state index in [0.29, 0.717) is 31.5 Å². The van der Waals surface area contributed by atoms with Gasteiger partial charge in [-0.05, 0) is 55.6 Å². The topological polar surface area (TPSA) is 49.8 Å². The Morgan fingerprint density at radius 1 is 1.24 bits per heavy atom. The maximum absolute atomic E-state index is 14.7. The summed E-state index contributed by atoms with van der Waals surface area (Å²) in [5.41, 5.74) is 0.951. The molecule has 4 nitrogen and oxygen atoms in total. The number of halogens is 1. The average Bonchev–Trinajstić information content (AvgIpc) is 2.94. The molecule has 25 heavy (non-hydrogen) atoms. The summed E-state index contributed by atoms with van der Waals surface area (Å²) in [7, 11) is 0. The quantitative estimate of drug-likeness (QED) is 0.763. The van der Waals surface area contributed by atoms with Crippen molar-refractivity contribution >= 4 is 5.91 Å². The van der Waals surface area contributed by atoms with Crippen molar-refractivity contribution in [2.24, 2.45) is 11.8 Å². The van der Waals surface area contributed by atoms with Crippen molar-refractivity contribution < 1.29 is 19.0 Å². The molecule has 1 aromatic carbocycles. The third-order valence-corrected chi connectivity index (χ3v) is 5.51. The van der Waals surface area contributed by atoms with Crippen LogP contribution in [0.4, 0.5) is 4.39 Å². The molecular weight excluding hydrogens is 321 g/mol. The van der Waals surface area contributed by atoms with Crippen molar-refractivity contribution in [1.82, 2.24) is 4.90 Å². The molecule has 0 atom stereocenters. The van der Waals surface area contributed by atoms with Crippen LogP contribution in [0.3, 0.4) is 0 Å². The lowest BCUT2D eigenvalue weighted by atomic mass is 9.82. The number of carbonyl (C=O) groups excluding carboxylic acids is 1. The highest BCUT2D eigenvalue weighted by Gasteiger charge is 2.34. The molecule has 0 bridgehead atoms. The molecule has 1 N–H and O–H groups in total. The third kappa shape index (κ3) is 3.97. The first-order chi connectivity index (χ1) is 12.1. The molecule has 2 aliphatic rings. The summed E-state index contributed by atoms with van der Waals surface area (Å²) in [5.74, 6) is 0.320.